The van der Waals surface area contributed by atoms with E-state index in [0.717, 1.165) is 23.1 Å². The van der Waals surface area contributed by atoms with Crippen LogP contribution in [-0.2, 0) is 13.5 Å². The molecule has 0 aliphatic rings. The van der Waals surface area contributed by atoms with Gasteiger partial charge >= 0.3 is 0 Å². The molecule has 3 rings (SSSR count). The van der Waals surface area contributed by atoms with Gasteiger partial charge in [-0.05, 0) is 18.6 Å². The lowest BCUT2D eigenvalue weighted by atomic mass is 10.1. The molecule has 0 radical (unpaired) electrons. The molecule has 2 heterocycles. The summed E-state index contributed by atoms with van der Waals surface area (Å²) in [5.74, 6) is 0.255. The quantitative estimate of drug-likeness (QED) is 0.675. The molecule has 0 unspecified atom stereocenters. The highest BCUT2D eigenvalue weighted by atomic mass is 16.3. The monoisotopic (exact) mass is 254 g/mol. The molecule has 19 heavy (non-hydrogen) atoms. The van der Waals surface area contributed by atoms with Crippen molar-refractivity contribution in [3.8, 4) is 0 Å². The Morgan fingerprint density at radius 3 is 2.89 bits per heavy atom. The maximum Gasteiger partial charge on any atom is 0.231 e. The molecular weight excluding hydrogens is 240 g/mol. The van der Waals surface area contributed by atoms with Crippen molar-refractivity contribution in [1.29, 1.82) is 0 Å². The molecule has 0 saturated heterocycles. The molecule has 0 aliphatic heterocycles. The number of nitrogens with zero attached hydrogens (tertiary/aromatic N) is 2. The zero-order valence-corrected chi connectivity index (χ0v) is 10.9. The van der Waals surface area contributed by atoms with Crippen LogP contribution in [0.1, 0.15) is 28.7 Å². The first-order chi connectivity index (χ1) is 9.19. The second-order valence-electron chi connectivity index (χ2n) is 4.49. The number of para-hydroxylation sites is 1. The Labute approximate surface area is 110 Å². The van der Waals surface area contributed by atoms with Gasteiger partial charge in [0.15, 0.2) is 5.76 Å². The number of furan rings is 1. The first-order valence-electron chi connectivity index (χ1n) is 6.25. The lowest BCUT2D eigenvalue weighted by Crippen LogP contribution is -2.01. The van der Waals surface area contributed by atoms with Crippen LogP contribution in [0.15, 0.2) is 40.9 Å². The van der Waals surface area contributed by atoms with E-state index in [4.69, 9.17) is 4.42 Å². The lowest BCUT2D eigenvalue weighted by Gasteiger charge is -1.95. The molecule has 4 nitrogen and oxygen atoms in total. The first-order valence-corrected chi connectivity index (χ1v) is 6.25. The minimum Gasteiger partial charge on any atom is -0.453 e. The van der Waals surface area contributed by atoms with Crippen LogP contribution >= 0.6 is 0 Å². The summed E-state index contributed by atoms with van der Waals surface area (Å²) in [4.78, 5) is 12.5. The van der Waals surface area contributed by atoms with Crippen LogP contribution in [0.2, 0.25) is 0 Å². The van der Waals surface area contributed by atoms with E-state index < -0.39 is 0 Å². The van der Waals surface area contributed by atoms with Gasteiger partial charge in [-0.1, -0.05) is 25.1 Å². The molecule has 3 aromatic rings. The molecule has 1 aromatic carbocycles. The molecule has 0 fully saturated rings. The summed E-state index contributed by atoms with van der Waals surface area (Å²) in [7, 11) is 1.81. The standard InChI is InChI=1S/C15H14N2O2/c1-3-12-11(9-17(2)16-12)15(18)14-8-10-6-4-5-7-13(10)19-14/h4-9H,3H2,1-2H3. The zero-order chi connectivity index (χ0) is 13.4. The smallest absolute Gasteiger partial charge is 0.231 e. The summed E-state index contributed by atoms with van der Waals surface area (Å²) >= 11 is 0. The Hall–Kier alpha value is -2.36. The first kappa shape index (κ1) is 11.7. The van der Waals surface area contributed by atoms with Crippen LogP contribution in [0.4, 0.5) is 0 Å². The van der Waals surface area contributed by atoms with Gasteiger partial charge in [-0.25, -0.2) is 0 Å². The Balaban J connectivity index is 2.07. The molecule has 0 aliphatic carbocycles. The SMILES string of the molecule is CCc1nn(C)cc1C(=O)c1cc2ccccc2o1. The third-order valence-electron chi connectivity index (χ3n) is 3.13. The fourth-order valence-corrected chi connectivity index (χ4v) is 2.21. The number of carbonyl (C=O) groups excluding carboxylic acids is 1. The van der Waals surface area contributed by atoms with Gasteiger partial charge in [0.25, 0.3) is 0 Å². The Morgan fingerprint density at radius 2 is 2.16 bits per heavy atom. The second-order valence-corrected chi connectivity index (χ2v) is 4.49. The van der Waals surface area contributed by atoms with Crippen LogP contribution in [0, 0.1) is 0 Å². The van der Waals surface area contributed by atoms with E-state index in [-0.39, 0.29) is 5.78 Å². The third kappa shape index (κ3) is 1.95. The summed E-state index contributed by atoms with van der Waals surface area (Å²) < 4.78 is 7.27. The Kier molecular flexibility index (Phi) is 2.71. The van der Waals surface area contributed by atoms with Gasteiger partial charge in [0.2, 0.25) is 5.78 Å². The third-order valence-corrected chi connectivity index (χ3v) is 3.13. The number of hydrogen-bond acceptors (Lipinski definition) is 3. The minimum absolute atomic E-state index is 0.110. The minimum atomic E-state index is -0.110. The van der Waals surface area contributed by atoms with Crippen molar-refractivity contribution in [3.05, 3.63) is 53.5 Å². The number of fused-ring (bicyclic) bond motifs is 1. The average molecular weight is 254 g/mol. The number of aromatic nitrogens is 2. The fourth-order valence-electron chi connectivity index (χ4n) is 2.21. The maximum absolute atomic E-state index is 12.5. The topological polar surface area (TPSA) is 48.0 Å². The van der Waals surface area contributed by atoms with E-state index in [0.29, 0.717) is 11.3 Å². The van der Waals surface area contributed by atoms with Crippen molar-refractivity contribution in [3.63, 3.8) is 0 Å². The van der Waals surface area contributed by atoms with Crippen molar-refractivity contribution in [2.75, 3.05) is 0 Å². The summed E-state index contributed by atoms with van der Waals surface area (Å²) in [5.41, 5.74) is 2.14. The van der Waals surface area contributed by atoms with Crippen molar-refractivity contribution >= 4 is 16.8 Å². The van der Waals surface area contributed by atoms with Crippen LogP contribution in [0.25, 0.3) is 11.0 Å². The molecule has 0 bridgehead atoms. The second kappa shape index (κ2) is 4.39. The summed E-state index contributed by atoms with van der Waals surface area (Å²) in [6.45, 7) is 1.98. The number of benzene rings is 1. The van der Waals surface area contributed by atoms with Crippen molar-refractivity contribution in [1.82, 2.24) is 9.78 Å². The molecule has 0 atom stereocenters. The molecule has 4 heteroatoms. The van der Waals surface area contributed by atoms with Gasteiger partial charge in [-0.2, -0.15) is 5.10 Å². The highest BCUT2D eigenvalue weighted by Gasteiger charge is 2.19. The van der Waals surface area contributed by atoms with Crippen LogP contribution in [0.5, 0.6) is 0 Å². The molecule has 96 valence electrons. The Bertz CT molecular complexity index is 719. The average Bonchev–Trinajstić information content (AvgIpc) is 3.00. The molecule has 2 aromatic heterocycles. The highest BCUT2D eigenvalue weighted by Crippen LogP contribution is 2.22. The number of hydrogen-bond donors (Lipinski definition) is 0. The number of rotatable bonds is 3. The van der Waals surface area contributed by atoms with Crippen LogP contribution in [0.3, 0.4) is 0 Å². The number of carbonyl (C=O) groups is 1. The number of aryl methyl sites for hydroxylation is 2. The summed E-state index contributed by atoms with van der Waals surface area (Å²) in [5, 5.41) is 5.22. The Morgan fingerprint density at radius 1 is 1.37 bits per heavy atom. The van der Waals surface area contributed by atoms with Crippen LogP contribution in [-0.4, -0.2) is 15.6 Å². The lowest BCUT2D eigenvalue weighted by molar-refractivity contribution is 0.101. The van der Waals surface area contributed by atoms with E-state index in [1.165, 1.54) is 0 Å². The predicted molar refractivity (Wildman–Crippen MR) is 72.2 cm³/mol. The van der Waals surface area contributed by atoms with E-state index in [2.05, 4.69) is 5.10 Å². The van der Waals surface area contributed by atoms with E-state index in [1.54, 1.807) is 16.9 Å². The van der Waals surface area contributed by atoms with Gasteiger partial charge in [0.1, 0.15) is 5.58 Å². The zero-order valence-electron chi connectivity index (χ0n) is 10.9. The molecule has 0 N–H and O–H groups in total. The fraction of sp³-hybridized carbons (Fsp3) is 0.200. The van der Waals surface area contributed by atoms with Gasteiger partial charge in [-0.3, -0.25) is 9.48 Å². The predicted octanol–water partition coefficient (Wildman–Crippen LogP) is 2.96. The van der Waals surface area contributed by atoms with Crippen LogP contribution < -0.4 is 0 Å². The normalized spacial score (nSPS) is 11.1. The van der Waals surface area contributed by atoms with Crippen molar-refractivity contribution in [2.24, 2.45) is 7.05 Å². The van der Waals surface area contributed by atoms with Crippen molar-refractivity contribution < 1.29 is 9.21 Å². The van der Waals surface area contributed by atoms with Gasteiger partial charge in [0, 0.05) is 18.6 Å². The summed E-state index contributed by atoms with van der Waals surface area (Å²) in [6, 6.07) is 9.38. The largest absolute Gasteiger partial charge is 0.453 e. The van der Waals surface area contributed by atoms with Gasteiger partial charge in [0.05, 0.1) is 11.3 Å². The molecule has 0 spiro atoms. The highest BCUT2D eigenvalue weighted by molar-refractivity contribution is 6.09. The maximum atomic E-state index is 12.5. The van der Waals surface area contributed by atoms with Gasteiger partial charge < -0.3 is 4.42 Å². The van der Waals surface area contributed by atoms with Gasteiger partial charge in [-0.15, -0.1) is 0 Å². The van der Waals surface area contributed by atoms with E-state index >= 15 is 0 Å². The molecular formula is C15H14N2O2. The van der Waals surface area contributed by atoms with E-state index in [1.807, 2.05) is 38.2 Å². The van der Waals surface area contributed by atoms with E-state index in [9.17, 15) is 4.79 Å². The molecule has 0 saturated carbocycles. The van der Waals surface area contributed by atoms with Crippen molar-refractivity contribution in [2.45, 2.75) is 13.3 Å². The number of ketones is 1. The summed E-state index contributed by atoms with van der Waals surface area (Å²) in [6.07, 6.45) is 2.47. The molecule has 0 amide bonds.